The highest BCUT2D eigenvalue weighted by molar-refractivity contribution is 7.47. The molecule has 1 aliphatic carbocycles. The fourth-order valence-corrected chi connectivity index (χ4v) is 9.20. The number of allylic oxidation sites excluding steroid dienone is 8. The average molecular weight is 971 g/mol. The van der Waals surface area contributed by atoms with Crippen LogP contribution in [0.1, 0.15) is 226 Å². The van der Waals surface area contributed by atoms with Crippen LogP contribution in [-0.2, 0) is 27.9 Å². The van der Waals surface area contributed by atoms with Crippen LogP contribution in [0.15, 0.2) is 48.6 Å². The van der Waals surface area contributed by atoms with Gasteiger partial charge in [-0.05, 0) is 51.4 Å². The third-order valence-corrected chi connectivity index (χ3v) is 13.5. The van der Waals surface area contributed by atoms with E-state index >= 15 is 0 Å². The van der Waals surface area contributed by atoms with Crippen molar-refractivity contribution in [3.63, 3.8) is 0 Å². The van der Waals surface area contributed by atoms with E-state index in [4.69, 9.17) is 18.5 Å². The summed E-state index contributed by atoms with van der Waals surface area (Å²) in [6.07, 6.45) is 43.2. The molecule has 392 valence electrons. The molecule has 0 aliphatic heterocycles. The van der Waals surface area contributed by atoms with Crippen LogP contribution in [0.4, 0.5) is 0 Å². The Bertz CT molecular complexity index is 1290. The minimum absolute atomic E-state index is 0.0793. The first-order chi connectivity index (χ1) is 32.5. The zero-order valence-electron chi connectivity index (χ0n) is 42.2. The van der Waals surface area contributed by atoms with Crippen molar-refractivity contribution in [3.05, 3.63) is 48.6 Å². The normalized spacial score (nSPS) is 21.6. The Labute approximate surface area is 407 Å². The zero-order valence-corrected chi connectivity index (χ0v) is 43.1. The van der Waals surface area contributed by atoms with Gasteiger partial charge in [-0.15, -0.1) is 0 Å². The maximum atomic E-state index is 12.9. The number of carbonyl (C=O) groups is 1. The number of aliphatic hydroxyl groups is 5. The molecule has 1 aliphatic rings. The fraction of sp³-hybridized carbons (Fsp3) is 0.833. The minimum atomic E-state index is -5.03. The van der Waals surface area contributed by atoms with E-state index in [2.05, 4.69) is 62.5 Å². The van der Waals surface area contributed by atoms with Crippen molar-refractivity contribution < 1.29 is 58.3 Å². The number of phosphoric ester groups is 1. The van der Waals surface area contributed by atoms with Gasteiger partial charge in [0.2, 0.25) is 0 Å². The van der Waals surface area contributed by atoms with E-state index in [1.165, 1.54) is 122 Å². The molecule has 0 aromatic rings. The lowest BCUT2D eigenvalue weighted by molar-refractivity contribution is -0.220. The SMILES string of the molecule is CC/C=C\C/C=C\C/C=C\C/C=C\CCCCCCCCCCCOCC(COP(=O)(O)OC1C(O)C(O)C(O)C(O)C1O)OC(=O)CCCCCCCCCCCCCCCCCCCC. The quantitative estimate of drug-likeness (QED) is 0.0147. The van der Waals surface area contributed by atoms with Gasteiger partial charge in [0.25, 0.3) is 0 Å². The summed E-state index contributed by atoms with van der Waals surface area (Å²) in [6.45, 7) is 4.17. The van der Waals surface area contributed by atoms with Gasteiger partial charge < -0.3 is 39.9 Å². The molecule has 1 fully saturated rings. The Morgan fingerprint density at radius 2 is 0.881 bits per heavy atom. The van der Waals surface area contributed by atoms with Gasteiger partial charge in [0.15, 0.2) is 0 Å². The second-order valence-electron chi connectivity index (χ2n) is 18.7. The van der Waals surface area contributed by atoms with E-state index in [9.17, 15) is 39.8 Å². The molecule has 0 saturated heterocycles. The molecular weight excluding hydrogens is 872 g/mol. The Morgan fingerprint density at radius 1 is 0.493 bits per heavy atom. The Kier molecular flexibility index (Phi) is 41.8. The average Bonchev–Trinajstić information content (AvgIpc) is 3.31. The second-order valence-corrected chi connectivity index (χ2v) is 20.1. The first-order valence-corrected chi connectivity index (χ1v) is 28.5. The van der Waals surface area contributed by atoms with E-state index < -0.39 is 63.1 Å². The van der Waals surface area contributed by atoms with Crippen molar-refractivity contribution in [3.8, 4) is 0 Å². The number of esters is 1. The van der Waals surface area contributed by atoms with Gasteiger partial charge in [0.05, 0.1) is 13.2 Å². The van der Waals surface area contributed by atoms with Crippen molar-refractivity contribution in [2.24, 2.45) is 0 Å². The molecule has 0 radical (unpaired) electrons. The van der Waals surface area contributed by atoms with E-state index in [-0.39, 0.29) is 13.0 Å². The molecule has 67 heavy (non-hydrogen) atoms. The molecule has 0 heterocycles. The molecule has 0 aromatic heterocycles. The van der Waals surface area contributed by atoms with Crippen molar-refractivity contribution in [1.82, 2.24) is 0 Å². The summed E-state index contributed by atoms with van der Waals surface area (Å²) in [6, 6.07) is 0. The van der Waals surface area contributed by atoms with Crippen molar-refractivity contribution in [2.75, 3.05) is 19.8 Å². The zero-order chi connectivity index (χ0) is 49.1. The summed E-state index contributed by atoms with van der Waals surface area (Å²) in [7, 11) is -5.03. The highest BCUT2D eigenvalue weighted by Gasteiger charge is 2.51. The molecule has 13 heteroatoms. The standard InChI is InChI=1S/C54H99O12P/c1-3-5-7-9-11-13-15-17-19-21-23-24-25-26-28-30-32-34-36-38-40-42-44-63-45-47(46-64-67(61,62)66-54-52(59)50(57)49(56)51(58)53(54)60)65-48(55)43-41-39-37-35-33-31-29-27-22-20-18-16-14-12-10-8-6-4-2/h5,7,11,13,17,19,23-24,47,49-54,56-60H,3-4,6,8-10,12,14-16,18,20-22,25-46H2,1-2H3,(H,61,62)/b7-5-,13-11-,19-17-,24-23-. The number of hydrogen-bond acceptors (Lipinski definition) is 11. The van der Waals surface area contributed by atoms with Gasteiger partial charge in [-0.25, -0.2) is 4.57 Å². The molecule has 1 saturated carbocycles. The Balaban J connectivity index is 2.31. The van der Waals surface area contributed by atoms with Crippen LogP contribution in [0.2, 0.25) is 0 Å². The highest BCUT2D eigenvalue weighted by Crippen LogP contribution is 2.47. The lowest BCUT2D eigenvalue weighted by atomic mass is 9.85. The maximum Gasteiger partial charge on any atom is 0.472 e. The number of rotatable bonds is 46. The monoisotopic (exact) mass is 971 g/mol. The summed E-state index contributed by atoms with van der Waals surface area (Å²) in [5.74, 6) is -0.476. The molecule has 0 spiro atoms. The van der Waals surface area contributed by atoms with Crippen molar-refractivity contribution in [2.45, 2.75) is 268 Å². The summed E-state index contributed by atoms with van der Waals surface area (Å²) in [5.41, 5.74) is 0. The van der Waals surface area contributed by atoms with Crippen LogP contribution in [0, 0.1) is 0 Å². The molecule has 6 unspecified atom stereocenters. The van der Waals surface area contributed by atoms with Gasteiger partial charge in [0, 0.05) is 13.0 Å². The van der Waals surface area contributed by atoms with Crippen LogP contribution < -0.4 is 0 Å². The molecule has 0 bridgehead atoms. The molecule has 6 atom stereocenters. The largest absolute Gasteiger partial charge is 0.472 e. The van der Waals surface area contributed by atoms with Gasteiger partial charge in [0.1, 0.15) is 42.7 Å². The number of ether oxygens (including phenoxy) is 2. The number of aliphatic hydroxyl groups excluding tert-OH is 5. The first-order valence-electron chi connectivity index (χ1n) is 27.0. The fourth-order valence-electron chi connectivity index (χ4n) is 8.23. The van der Waals surface area contributed by atoms with E-state index in [0.29, 0.717) is 13.0 Å². The first kappa shape index (κ1) is 63.3. The molecule has 12 nitrogen and oxygen atoms in total. The highest BCUT2D eigenvalue weighted by atomic mass is 31.2. The van der Waals surface area contributed by atoms with Crippen LogP contribution >= 0.6 is 7.82 Å². The number of carbonyl (C=O) groups excluding carboxylic acids is 1. The second kappa shape index (κ2) is 44.3. The van der Waals surface area contributed by atoms with Crippen LogP contribution in [0.25, 0.3) is 0 Å². The van der Waals surface area contributed by atoms with Crippen LogP contribution in [0.3, 0.4) is 0 Å². The predicted octanol–water partition coefficient (Wildman–Crippen LogP) is 12.4. The third kappa shape index (κ3) is 36.0. The lowest BCUT2D eigenvalue weighted by Gasteiger charge is -2.41. The Hall–Kier alpha value is -1.70. The smallest absolute Gasteiger partial charge is 0.457 e. The van der Waals surface area contributed by atoms with Gasteiger partial charge in [-0.3, -0.25) is 13.8 Å². The minimum Gasteiger partial charge on any atom is -0.457 e. The van der Waals surface area contributed by atoms with Gasteiger partial charge in [-0.1, -0.05) is 217 Å². The number of unbranched alkanes of at least 4 members (excludes halogenated alkanes) is 26. The molecule has 0 amide bonds. The van der Waals surface area contributed by atoms with E-state index in [1.807, 2.05) is 0 Å². The summed E-state index contributed by atoms with van der Waals surface area (Å²) < 4.78 is 34.4. The molecule has 0 aromatic carbocycles. The van der Waals surface area contributed by atoms with E-state index in [1.54, 1.807) is 0 Å². The number of hydrogen-bond donors (Lipinski definition) is 6. The Morgan fingerprint density at radius 3 is 1.34 bits per heavy atom. The van der Waals surface area contributed by atoms with Crippen LogP contribution in [0.5, 0.6) is 0 Å². The summed E-state index contributed by atoms with van der Waals surface area (Å²) >= 11 is 0. The lowest BCUT2D eigenvalue weighted by Crippen LogP contribution is -2.64. The molecular formula is C54H99O12P. The molecule has 1 rings (SSSR count). The topological polar surface area (TPSA) is 192 Å². The summed E-state index contributed by atoms with van der Waals surface area (Å²) in [4.78, 5) is 23.3. The third-order valence-electron chi connectivity index (χ3n) is 12.5. The summed E-state index contributed by atoms with van der Waals surface area (Å²) in [5, 5.41) is 50.4. The van der Waals surface area contributed by atoms with Crippen LogP contribution in [-0.4, -0.2) is 98.9 Å². The predicted molar refractivity (Wildman–Crippen MR) is 272 cm³/mol. The van der Waals surface area contributed by atoms with E-state index in [0.717, 1.165) is 77.0 Å². The van der Waals surface area contributed by atoms with Crippen molar-refractivity contribution >= 4 is 13.8 Å². The maximum absolute atomic E-state index is 12.9. The molecule has 6 N–H and O–H groups in total. The van der Waals surface area contributed by atoms with Gasteiger partial charge >= 0.3 is 13.8 Å². The van der Waals surface area contributed by atoms with Gasteiger partial charge in [-0.2, -0.15) is 0 Å². The number of phosphoric acid groups is 1. The van der Waals surface area contributed by atoms with Crippen molar-refractivity contribution in [1.29, 1.82) is 0 Å².